The molecule has 0 fully saturated rings. The van der Waals surface area contributed by atoms with Gasteiger partial charge in [0.1, 0.15) is 0 Å². The van der Waals surface area contributed by atoms with Crippen LogP contribution in [0.4, 0.5) is 8.78 Å². The first-order chi connectivity index (χ1) is 9.56. The fourth-order valence-corrected chi connectivity index (χ4v) is 1.65. The highest BCUT2D eigenvalue weighted by atomic mass is 19.3. The van der Waals surface area contributed by atoms with Crippen LogP contribution in [-0.4, -0.2) is 31.5 Å². The highest BCUT2D eigenvalue weighted by Crippen LogP contribution is 2.29. The molecule has 1 aromatic carbocycles. The van der Waals surface area contributed by atoms with E-state index >= 15 is 0 Å². The highest BCUT2D eigenvalue weighted by molar-refractivity contribution is 5.43. The van der Waals surface area contributed by atoms with Crippen LogP contribution in [0.2, 0.25) is 0 Å². The zero-order valence-corrected chi connectivity index (χ0v) is 11.7. The van der Waals surface area contributed by atoms with Gasteiger partial charge in [-0.2, -0.15) is 8.78 Å². The Kier molecular flexibility index (Phi) is 7.25. The predicted molar refractivity (Wildman–Crippen MR) is 72.2 cm³/mol. The van der Waals surface area contributed by atoms with Crippen molar-refractivity contribution in [2.75, 3.05) is 19.8 Å². The lowest BCUT2D eigenvalue weighted by Gasteiger charge is -2.14. The topological polar surface area (TPSA) is 50.7 Å². The standard InChI is InChI=1S/C14H21F2NO3/c1-3-19-13-6-11(8-17-7-10(2)9-18)4-5-12(13)20-14(15)16/h4-6,10,14,17-18H,3,7-9H2,1-2H3. The molecular formula is C14H21F2NO3. The van der Waals surface area contributed by atoms with E-state index in [4.69, 9.17) is 9.84 Å². The molecule has 0 spiro atoms. The van der Waals surface area contributed by atoms with E-state index < -0.39 is 6.61 Å². The average molecular weight is 289 g/mol. The van der Waals surface area contributed by atoms with Gasteiger partial charge in [-0.1, -0.05) is 13.0 Å². The maximum atomic E-state index is 12.3. The molecule has 0 saturated heterocycles. The Morgan fingerprint density at radius 3 is 2.65 bits per heavy atom. The molecule has 0 heterocycles. The summed E-state index contributed by atoms with van der Waals surface area (Å²) < 4.78 is 34.2. The number of halogens is 2. The third kappa shape index (κ3) is 5.71. The number of aliphatic hydroxyl groups excluding tert-OH is 1. The van der Waals surface area contributed by atoms with E-state index in [0.717, 1.165) is 5.56 Å². The van der Waals surface area contributed by atoms with Crippen LogP contribution < -0.4 is 14.8 Å². The molecule has 1 atom stereocenters. The molecule has 2 N–H and O–H groups in total. The van der Waals surface area contributed by atoms with Gasteiger partial charge in [-0.05, 0) is 30.5 Å². The first-order valence-electron chi connectivity index (χ1n) is 6.58. The van der Waals surface area contributed by atoms with Crippen LogP contribution in [0.5, 0.6) is 11.5 Å². The van der Waals surface area contributed by atoms with Crippen molar-refractivity contribution in [1.82, 2.24) is 5.32 Å². The Morgan fingerprint density at radius 1 is 1.30 bits per heavy atom. The second kappa shape index (κ2) is 8.71. The Bertz CT molecular complexity index is 402. The number of alkyl halides is 2. The lowest BCUT2D eigenvalue weighted by molar-refractivity contribution is -0.0514. The second-order valence-corrected chi connectivity index (χ2v) is 4.51. The molecule has 1 aromatic rings. The van der Waals surface area contributed by atoms with Crippen LogP contribution >= 0.6 is 0 Å². The Hall–Kier alpha value is -1.40. The summed E-state index contributed by atoms with van der Waals surface area (Å²) >= 11 is 0. The summed E-state index contributed by atoms with van der Waals surface area (Å²) in [5.41, 5.74) is 0.903. The molecule has 0 aliphatic heterocycles. The summed E-state index contributed by atoms with van der Waals surface area (Å²) in [7, 11) is 0. The summed E-state index contributed by atoms with van der Waals surface area (Å²) in [6.45, 7) is 2.58. The molecule has 0 aliphatic rings. The van der Waals surface area contributed by atoms with Crippen molar-refractivity contribution in [3.8, 4) is 11.5 Å². The van der Waals surface area contributed by atoms with E-state index in [1.165, 1.54) is 6.07 Å². The summed E-state index contributed by atoms with van der Waals surface area (Å²) in [6.07, 6.45) is 0. The zero-order valence-electron chi connectivity index (χ0n) is 11.7. The summed E-state index contributed by atoms with van der Waals surface area (Å²) in [5, 5.41) is 12.1. The molecule has 20 heavy (non-hydrogen) atoms. The van der Waals surface area contributed by atoms with Crippen LogP contribution in [0.15, 0.2) is 18.2 Å². The maximum Gasteiger partial charge on any atom is 0.387 e. The number of benzene rings is 1. The van der Waals surface area contributed by atoms with Crippen molar-refractivity contribution < 1.29 is 23.4 Å². The van der Waals surface area contributed by atoms with E-state index in [2.05, 4.69) is 10.1 Å². The smallest absolute Gasteiger partial charge is 0.387 e. The van der Waals surface area contributed by atoms with Crippen molar-refractivity contribution >= 4 is 0 Å². The van der Waals surface area contributed by atoms with E-state index in [9.17, 15) is 8.78 Å². The monoisotopic (exact) mass is 289 g/mol. The van der Waals surface area contributed by atoms with Gasteiger partial charge in [0.15, 0.2) is 11.5 Å². The van der Waals surface area contributed by atoms with E-state index in [1.54, 1.807) is 19.1 Å². The van der Waals surface area contributed by atoms with E-state index in [0.29, 0.717) is 25.4 Å². The van der Waals surface area contributed by atoms with E-state index in [1.807, 2.05) is 6.92 Å². The number of hydrogen-bond donors (Lipinski definition) is 2. The molecule has 114 valence electrons. The van der Waals surface area contributed by atoms with Gasteiger partial charge < -0.3 is 19.9 Å². The van der Waals surface area contributed by atoms with Crippen LogP contribution in [0, 0.1) is 5.92 Å². The van der Waals surface area contributed by atoms with Crippen LogP contribution in [-0.2, 0) is 6.54 Å². The molecule has 1 rings (SSSR count). The van der Waals surface area contributed by atoms with Gasteiger partial charge in [-0.3, -0.25) is 0 Å². The quantitative estimate of drug-likeness (QED) is 0.733. The Balaban J connectivity index is 2.66. The largest absolute Gasteiger partial charge is 0.490 e. The summed E-state index contributed by atoms with van der Waals surface area (Å²) in [4.78, 5) is 0. The fraction of sp³-hybridized carbons (Fsp3) is 0.571. The zero-order chi connectivity index (χ0) is 15.0. The fourth-order valence-electron chi connectivity index (χ4n) is 1.65. The molecule has 0 bridgehead atoms. The number of nitrogens with one attached hydrogen (secondary N) is 1. The number of rotatable bonds is 9. The molecule has 1 unspecified atom stereocenters. The minimum absolute atomic E-state index is 0.0364. The van der Waals surface area contributed by atoms with Gasteiger partial charge in [0.05, 0.1) is 6.61 Å². The minimum Gasteiger partial charge on any atom is -0.490 e. The van der Waals surface area contributed by atoms with Gasteiger partial charge >= 0.3 is 6.61 Å². The first-order valence-corrected chi connectivity index (χ1v) is 6.58. The van der Waals surface area contributed by atoms with Crippen molar-refractivity contribution in [3.05, 3.63) is 23.8 Å². The molecule has 0 aromatic heterocycles. The van der Waals surface area contributed by atoms with Crippen LogP contribution in [0.3, 0.4) is 0 Å². The predicted octanol–water partition coefficient (Wildman–Crippen LogP) is 2.40. The van der Waals surface area contributed by atoms with Crippen molar-refractivity contribution in [1.29, 1.82) is 0 Å². The molecule has 0 amide bonds. The van der Waals surface area contributed by atoms with E-state index in [-0.39, 0.29) is 18.3 Å². The van der Waals surface area contributed by atoms with Gasteiger partial charge in [0.2, 0.25) is 0 Å². The average Bonchev–Trinajstić information content (AvgIpc) is 2.41. The minimum atomic E-state index is -2.87. The van der Waals surface area contributed by atoms with Gasteiger partial charge in [-0.25, -0.2) is 0 Å². The molecule has 0 radical (unpaired) electrons. The maximum absolute atomic E-state index is 12.3. The number of aliphatic hydroxyl groups is 1. The third-order valence-electron chi connectivity index (χ3n) is 2.66. The number of ether oxygens (including phenoxy) is 2. The summed E-state index contributed by atoms with van der Waals surface area (Å²) in [6, 6.07) is 4.86. The van der Waals surface area contributed by atoms with Gasteiger partial charge in [-0.15, -0.1) is 0 Å². The molecule has 4 nitrogen and oxygen atoms in total. The van der Waals surface area contributed by atoms with Crippen LogP contribution in [0.1, 0.15) is 19.4 Å². The van der Waals surface area contributed by atoms with Crippen molar-refractivity contribution in [2.45, 2.75) is 27.0 Å². The second-order valence-electron chi connectivity index (χ2n) is 4.51. The van der Waals surface area contributed by atoms with Crippen molar-refractivity contribution in [2.24, 2.45) is 5.92 Å². The normalized spacial score (nSPS) is 12.5. The Morgan fingerprint density at radius 2 is 2.05 bits per heavy atom. The SMILES string of the molecule is CCOc1cc(CNCC(C)CO)ccc1OC(F)F. The lowest BCUT2D eigenvalue weighted by atomic mass is 10.1. The van der Waals surface area contributed by atoms with Crippen LogP contribution in [0.25, 0.3) is 0 Å². The molecule has 0 aliphatic carbocycles. The third-order valence-corrected chi connectivity index (χ3v) is 2.66. The molecule has 6 heteroatoms. The number of hydrogen-bond acceptors (Lipinski definition) is 4. The highest BCUT2D eigenvalue weighted by Gasteiger charge is 2.11. The van der Waals surface area contributed by atoms with Gasteiger partial charge in [0, 0.05) is 19.7 Å². The molecule has 0 saturated carbocycles. The van der Waals surface area contributed by atoms with Gasteiger partial charge in [0.25, 0.3) is 0 Å². The van der Waals surface area contributed by atoms with Crippen molar-refractivity contribution in [3.63, 3.8) is 0 Å². The lowest BCUT2D eigenvalue weighted by Crippen LogP contribution is -2.22. The summed E-state index contributed by atoms with van der Waals surface area (Å²) in [5.74, 6) is 0.513. The Labute approximate surface area is 117 Å². The molecular weight excluding hydrogens is 268 g/mol. The first kappa shape index (κ1) is 16.7.